The molecule has 3 N–H and O–H groups in total. The highest BCUT2D eigenvalue weighted by molar-refractivity contribution is 5.94. The minimum atomic E-state index is -0.417. The Bertz CT molecular complexity index is 908. The number of nitrogen functional groups attached to an aromatic ring is 1. The molecule has 30 heavy (non-hydrogen) atoms. The molecule has 1 fully saturated rings. The van der Waals surface area contributed by atoms with Crippen LogP contribution in [0.25, 0.3) is 0 Å². The lowest BCUT2D eigenvalue weighted by molar-refractivity contribution is -0.118. The van der Waals surface area contributed by atoms with Gasteiger partial charge in [-0.2, -0.15) is 0 Å². The van der Waals surface area contributed by atoms with Crippen molar-refractivity contribution < 1.29 is 28.5 Å². The van der Waals surface area contributed by atoms with Crippen LogP contribution in [0.5, 0.6) is 17.2 Å². The maximum Gasteiger partial charge on any atom is 0.338 e. The molecule has 1 aliphatic carbocycles. The van der Waals surface area contributed by atoms with E-state index in [4.69, 9.17) is 24.7 Å². The van der Waals surface area contributed by atoms with Gasteiger partial charge in [-0.25, -0.2) is 4.79 Å². The van der Waals surface area contributed by atoms with Crippen molar-refractivity contribution in [3.8, 4) is 17.2 Å². The van der Waals surface area contributed by atoms with Gasteiger partial charge in [0, 0.05) is 6.07 Å². The fourth-order valence-electron chi connectivity index (χ4n) is 3.24. The lowest BCUT2D eigenvalue weighted by Gasteiger charge is -2.14. The summed E-state index contributed by atoms with van der Waals surface area (Å²) in [7, 11) is 3.04. The number of carbonyl (C=O) groups is 2. The lowest BCUT2D eigenvalue weighted by Crippen LogP contribution is -2.21. The highest BCUT2D eigenvalue weighted by atomic mass is 16.5. The van der Waals surface area contributed by atoms with Crippen molar-refractivity contribution in [2.45, 2.75) is 31.8 Å². The molecule has 160 valence electrons. The van der Waals surface area contributed by atoms with E-state index in [9.17, 15) is 9.59 Å². The number of benzene rings is 2. The Morgan fingerprint density at radius 1 is 1.03 bits per heavy atom. The van der Waals surface area contributed by atoms with Crippen LogP contribution in [0, 0.1) is 0 Å². The molecule has 0 unspecified atom stereocenters. The number of carbonyl (C=O) groups excluding carboxylic acids is 2. The molecule has 0 aromatic heterocycles. The predicted molar refractivity (Wildman–Crippen MR) is 112 cm³/mol. The number of methoxy groups -OCH3 is 2. The second-order valence-corrected chi connectivity index (χ2v) is 6.97. The zero-order valence-electron chi connectivity index (χ0n) is 17.1. The molecule has 1 aliphatic rings. The van der Waals surface area contributed by atoms with Crippen LogP contribution in [0.3, 0.4) is 0 Å². The van der Waals surface area contributed by atoms with Gasteiger partial charge in [-0.3, -0.25) is 4.79 Å². The van der Waals surface area contributed by atoms with Crippen LogP contribution >= 0.6 is 0 Å². The van der Waals surface area contributed by atoms with Crippen molar-refractivity contribution in [1.29, 1.82) is 0 Å². The SMILES string of the molecule is COc1ccc(NC(=O)COc2cc(C(=O)OC3CCCC3)ccc2N)c(OC)c1. The highest BCUT2D eigenvalue weighted by Gasteiger charge is 2.21. The third-order valence-electron chi connectivity index (χ3n) is 4.87. The Hall–Kier alpha value is -3.42. The molecule has 3 rings (SSSR count). The summed E-state index contributed by atoms with van der Waals surface area (Å²) in [5.41, 5.74) is 7.07. The van der Waals surface area contributed by atoms with Crippen LogP contribution in [0.4, 0.5) is 11.4 Å². The largest absolute Gasteiger partial charge is 0.497 e. The van der Waals surface area contributed by atoms with Crippen LogP contribution in [-0.4, -0.2) is 38.8 Å². The third-order valence-corrected chi connectivity index (χ3v) is 4.87. The van der Waals surface area contributed by atoms with E-state index < -0.39 is 11.9 Å². The van der Waals surface area contributed by atoms with Crippen molar-refractivity contribution in [2.75, 3.05) is 31.9 Å². The van der Waals surface area contributed by atoms with E-state index in [1.54, 1.807) is 37.4 Å². The Morgan fingerprint density at radius 3 is 2.50 bits per heavy atom. The van der Waals surface area contributed by atoms with Gasteiger partial charge in [0.25, 0.3) is 5.91 Å². The fourth-order valence-corrected chi connectivity index (χ4v) is 3.24. The van der Waals surface area contributed by atoms with Crippen molar-refractivity contribution in [2.24, 2.45) is 0 Å². The van der Waals surface area contributed by atoms with E-state index in [2.05, 4.69) is 5.32 Å². The second kappa shape index (κ2) is 9.87. The summed E-state index contributed by atoms with van der Waals surface area (Å²) < 4.78 is 21.4. The van der Waals surface area contributed by atoms with Crippen LogP contribution in [0.15, 0.2) is 36.4 Å². The molecule has 0 aliphatic heterocycles. The number of esters is 1. The molecule has 1 saturated carbocycles. The summed E-state index contributed by atoms with van der Waals surface area (Å²) in [6, 6.07) is 9.68. The number of amides is 1. The number of nitrogens with two attached hydrogens (primary N) is 1. The monoisotopic (exact) mass is 414 g/mol. The third kappa shape index (κ3) is 5.34. The molecule has 0 spiro atoms. The molecular weight excluding hydrogens is 388 g/mol. The van der Waals surface area contributed by atoms with Gasteiger partial charge in [0.2, 0.25) is 0 Å². The molecular formula is C22H26N2O6. The van der Waals surface area contributed by atoms with E-state index in [1.807, 2.05) is 0 Å². The van der Waals surface area contributed by atoms with Crippen molar-refractivity contribution in [1.82, 2.24) is 0 Å². The molecule has 2 aromatic rings. The normalized spacial score (nSPS) is 13.5. The average Bonchev–Trinajstić information content (AvgIpc) is 3.26. The van der Waals surface area contributed by atoms with E-state index in [1.165, 1.54) is 13.2 Å². The Labute approximate surface area is 175 Å². The number of hydrogen-bond donors (Lipinski definition) is 2. The summed E-state index contributed by atoms with van der Waals surface area (Å²) >= 11 is 0. The molecule has 2 aromatic carbocycles. The van der Waals surface area contributed by atoms with Gasteiger partial charge in [0.1, 0.15) is 23.4 Å². The molecule has 0 radical (unpaired) electrons. The van der Waals surface area contributed by atoms with Crippen LogP contribution in [0.2, 0.25) is 0 Å². The van der Waals surface area contributed by atoms with Crippen molar-refractivity contribution in [3.05, 3.63) is 42.0 Å². The van der Waals surface area contributed by atoms with Crippen LogP contribution in [-0.2, 0) is 9.53 Å². The molecule has 0 saturated heterocycles. The van der Waals surface area contributed by atoms with Crippen molar-refractivity contribution in [3.63, 3.8) is 0 Å². The summed E-state index contributed by atoms with van der Waals surface area (Å²) in [4.78, 5) is 24.7. The first kappa shape index (κ1) is 21.3. The van der Waals surface area contributed by atoms with E-state index >= 15 is 0 Å². The van der Waals surface area contributed by atoms with E-state index in [0.717, 1.165) is 25.7 Å². The Morgan fingerprint density at radius 2 is 1.80 bits per heavy atom. The average molecular weight is 414 g/mol. The lowest BCUT2D eigenvalue weighted by atomic mass is 10.2. The Kier molecular flexibility index (Phi) is 7.00. The molecule has 8 heteroatoms. The van der Waals surface area contributed by atoms with Gasteiger partial charge in [-0.05, 0) is 56.0 Å². The minimum Gasteiger partial charge on any atom is -0.497 e. The van der Waals surface area contributed by atoms with Crippen LogP contribution < -0.4 is 25.3 Å². The van der Waals surface area contributed by atoms with Gasteiger partial charge >= 0.3 is 5.97 Å². The maximum atomic E-state index is 12.3. The number of hydrogen-bond acceptors (Lipinski definition) is 7. The van der Waals surface area contributed by atoms with E-state index in [-0.39, 0.29) is 18.5 Å². The molecule has 8 nitrogen and oxygen atoms in total. The molecule has 1 amide bonds. The smallest absolute Gasteiger partial charge is 0.338 e. The second-order valence-electron chi connectivity index (χ2n) is 6.97. The molecule has 0 atom stereocenters. The first-order chi connectivity index (χ1) is 14.5. The summed E-state index contributed by atoms with van der Waals surface area (Å²) in [6.45, 7) is -0.291. The number of rotatable bonds is 8. The highest BCUT2D eigenvalue weighted by Crippen LogP contribution is 2.29. The first-order valence-corrected chi connectivity index (χ1v) is 9.75. The topological polar surface area (TPSA) is 109 Å². The van der Waals surface area contributed by atoms with Gasteiger partial charge in [-0.15, -0.1) is 0 Å². The predicted octanol–water partition coefficient (Wildman–Crippen LogP) is 3.40. The summed E-state index contributed by atoms with van der Waals surface area (Å²) in [5, 5.41) is 2.71. The van der Waals surface area contributed by atoms with Gasteiger partial charge in [-0.1, -0.05) is 0 Å². The number of nitrogens with one attached hydrogen (secondary N) is 1. The van der Waals surface area contributed by atoms with Gasteiger partial charge in [0.05, 0.1) is 31.2 Å². The fraction of sp³-hybridized carbons (Fsp3) is 0.364. The zero-order valence-corrected chi connectivity index (χ0v) is 17.1. The Balaban J connectivity index is 1.61. The minimum absolute atomic E-state index is 0.0373. The van der Waals surface area contributed by atoms with Gasteiger partial charge in [0.15, 0.2) is 6.61 Å². The van der Waals surface area contributed by atoms with Crippen molar-refractivity contribution >= 4 is 23.3 Å². The molecule has 0 bridgehead atoms. The summed E-state index contributed by atoms with van der Waals surface area (Å²) in [5.74, 6) is 0.484. The van der Waals surface area contributed by atoms with Gasteiger partial charge < -0.3 is 30.0 Å². The number of ether oxygens (including phenoxy) is 4. The van der Waals surface area contributed by atoms with E-state index in [0.29, 0.717) is 28.4 Å². The standard InChI is InChI=1S/C22H26N2O6/c1-27-16-8-10-18(20(12-16)28-2)24-21(25)13-29-19-11-14(7-9-17(19)23)22(26)30-15-5-3-4-6-15/h7-12,15H,3-6,13,23H2,1-2H3,(H,24,25). The first-order valence-electron chi connectivity index (χ1n) is 9.75. The maximum absolute atomic E-state index is 12.3. The molecule has 0 heterocycles. The quantitative estimate of drug-likeness (QED) is 0.503. The summed E-state index contributed by atoms with van der Waals surface area (Å²) in [6.07, 6.45) is 3.88. The number of anilines is 2. The van der Waals surface area contributed by atoms with Crippen LogP contribution in [0.1, 0.15) is 36.0 Å². The zero-order chi connectivity index (χ0) is 21.5.